The van der Waals surface area contributed by atoms with Crippen LogP contribution in [0.4, 0.5) is 0 Å². The second kappa shape index (κ2) is 13.9. The Labute approximate surface area is 264 Å². The number of rotatable bonds is 2. The van der Waals surface area contributed by atoms with Crippen molar-refractivity contribution < 1.29 is 18.9 Å². The van der Waals surface area contributed by atoms with Gasteiger partial charge in [0.15, 0.2) is 0 Å². The van der Waals surface area contributed by atoms with Gasteiger partial charge in [-0.15, -0.1) is 74.8 Å². The summed E-state index contributed by atoms with van der Waals surface area (Å²) < 4.78 is 1.15. The number of fused-ring (bicyclic) bond motifs is 4. The zero-order chi connectivity index (χ0) is 29.6. The van der Waals surface area contributed by atoms with E-state index in [1.165, 1.54) is 54.6 Å². The second-order valence-electron chi connectivity index (χ2n) is 10.8. The molecule has 0 N–H and O–H groups in total. The zero-order valence-corrected chi connectivity index (χ0v) is 28.4. The average molecular weight is 665 g/mol. The number of hydrogen-bond acceptors (Lipinski definition) is 0. The summed E-state index contributed by atoms with van der Waals surface area (Å²) in [5.74, 6) is 0. The van der Waals surface area contributed by atoms with E-state index in [4.69, 9.17) is 17.0 Å². The molecule has 0 bridgehead atoms. The summed E-state index contributed by atoms with van der Waals surface area (Å²) in [5.41, 5.74) is 7.67. The molecule has 0 atom stereocenters. The molecule has 0 aliphatic carbocycles. The average Bonchev–Trinajstić information content (AvgIpc) is 3.53. The molecule has 0 spiro atoms. The summed E-state index contributed by atoms with van der Waals surface area (Å²) in [6.45, 7) is 8.57. The Bertz CT molecular complexity index is 1870. The molecule has 0 saturated heterocycles. The van der Waals surface area contributed by atoms with E-state index in [-0.39, 0.29) is 0 Å². The molecule has 42 heavy (non-hydrogen) atoms. The molecule has 0 aromatic heterocycles. The molecule has 7 rings (SSSR count). The fourth-order valence-electron chi connectivity index (χ4n) is 5.32. The van der Waals surface area contributed by atoms with Gasteiger partial charge >= 0.3 is 111 Å². The van der Waals surface area contributed by atoms with Gasteiger partial charge in [0, 0.05) is 0 Å². The fourth-order valence-corrected chi connectivity index (χ4v) is 9.79. The monoisotopic (exact) mass is 662 g/mol. The van der Waals surface area contributed by atoms with Crippen LogP contribution in [0.5, 0.6) is 0 Å². The van der Waals surface area contributed by atoms with Gasteiger partial charge in [-0.2, -0.15) is 11.6 Å². The van der Waals surface area contributed by atoms with E-state index in [1.807, 2.05) is 36.4 Å². The maximum atomic E-state index is 6.24. The Morgan fingerprint density at radius 1 is 0.524 bits per heavy atom. The summed E-state index contributed by atoms with van der Waals surface area (Å²) in [6.07, 6.45) is 0. The van der Waals surface area contributed by atoms with Crippen molar-refractivity contribution in [2.24, 2.45) is 0 Å². The molecule has 7 aromatic rings. The maximum absolute atomic E-state index is 6.24. The number of benzene rings is 5. The van der Waals surface area contributed by atoms with Crippen LogP contribution in [0.15, 0.2) is 133 Å². The summed E-state index contributed by atoms with van der Waals surface area (Å²) in [5, 5.41) is 8.20. The summed E-state index contributed by atoms with van der Waals surface area (Å²) >= 11 is -2.44. The van der Waals surface area contributed by atoms with Crippen molar-refractivity contribution in [1.82, 2.24) is 0 Å². The van der Waals surface area contributed by atoms with Gasteiger partial charge in [-0.1, -0.05) is 47.9 Å². The van der Waals surface area contributed by atoms with Crippen molar-refractivity contribution in [3.05, 3.63) is 167 Å². The normalized spacial score (nSPS) is 10.6. The molecule has 0 aliphatic heterocycles. The Morgan fingerprint density at radius 3 is 1.50 bits per heavy atom. The van der Waals surface area contributed by atoms with Crippen LogP contribution in [-0.4, -0.2) is 3.21 Å². The minimum atomic E-state index is -2.44. The van der Waals surface area contributed by atoms with Crippen LogP contribution < -0.4 is 0 Å². The van der Waals surface area contributed by atoms with Gasteiger partial charge in [-0.05, 0) is 20.8 Å². The summed E-state index contributed by atoms with van der Waals surface area (Å²) in [4.78, 5) is 0. The van der Waals surface area contributed by atoms with Gasteiger partial charge in [0.05, 0.1) is 0 Å². The first-order valence-corrected chi connectivity index (χ1v) is 21.7. The van der Waals surface area contributed by atoms with Crippen LogP contribution >= 0.6 is 17.0 Å². The first-order chi connectivity index (χ1) is 20.3. The fraction of sp³-hybridized carbons (Fsp3) is 0.103. The van der Waals surface area contributed by atoms with Gasteiger partial charge in [0.1, 0.15) is 0 Å². The molecule has 0 saturated carbocycles. The van der Waals surface area contributed by atoms with Gasteiger partial charge in [0.2, 0.25) is 0 Å². The molecular weight excluding hydrogens is 631 g/mol. The van der Waals surface area contributed by atoms with Crippen molar-refractivity contribution >= 4 is 52.5 Å². The molecule has 0 aliphatic rings. The Balaban J connectivity index is 0.000000128. The molecule has 0 radical (unpaired) electrons. The van der Waals surface area contributed by atoms with Crippen molar-refractivity contribution in [2.45, 2.75) is 27.7 Å². The minimum absolute atomic E-state index is 1.15. The molecule has 0 heterocycles. The molecule has 0 unspecified atom stereocenters. The molecule has 0 nitrogen and oxygen atoms in total. The van der Waals surface area contributed by atoms with E-state index in [2.05, 4.69) is 125 Å². The predicted octanol–water partition coefficient (Wildman–Crippen LogP) is 11.7. The molecule has 7 aromatic carbocycles. The standard InChI is InChI=1S/C15H13.C13H10.C11H11.2ClH.Zr/c1-10-3-5-14-12(7-10)9-13-8-11(2)4-6-15(13)14;1-3-7-12(8-4-1)11-13-9-5-2-6-10-13;1-8-3-5-10-6-4-9(2)11(10)7-8;;;/h3-9H,1-2H3;1-10H;3-7H,1-2H3;2*1H;/q-1;;-1;;;+2/p-2. The zero-order valence-electron chi connectivity index (χ0n) is 24.5. The molecular formula is C39H34Cl2Zr-2. The SMILES string of the molecule is Cc1ccc2[cH-]cc(C)c2c1.Cc1ccc2c(c1)[cH-]c1cc(C)ccc12.[Cl][Zr]([Cl])=[C](c1ccccc1)c1ccccc1. The van der Waals surface area contributed by atoms with Gasteiger partial charge in [-0.25, -0.2) is 0 Å². The first kappa shape index (κ1) is 30.4. The van der Waals surface area contributed by atoms with Crippen LogP contribution in [0.1, 0.15) is 33.4 Å². The first-order valence-electron chi connectivity index (χ1n) is 14.2. The number of aryl methyl sites for hydroxylation is 4. The van der Waals surface area contributed by atoms with Gasteiger partial charge in [0.25, 0.3) is 0 Å². The Kier molecular flexibility index (Phi) is 10.1. The molecule has 3 heteroatoms. The van der Waals surface area contributed by atoms with Crippen LogP contribution in [0.2, 0.25) is 0 Å². The van der Waals surface area contributed by atoms with Crippen molar-refractivity contribution in [3.8, 4) is 0 Å². The van der Waals surface area contributed by atoms with Crippen LogP contribution in [0.3, 0.4) is 0 Å². The topological polar surface area (TPSA) is 0 Å². The van der Waals surface area contributed by atoms with Crippen molar-refractivity contribution in [1.29, 1.82) is 0 Å². The number of hydrogen-bond donors (Lipinski definition) is 0. The molecule has 0 amide bonds. The predicted molar refractivity (Wildman–Crippen MR) is 183 cm³/mol. The van der Waals surface area contributed by atoms with Crippen LogP contribution in [0, 0.1) is 27.7 Å². The quantitative estimate of drug-likeness (QED) is 0.161. The van der Waals surface area contributed by atoms with E-state index in [0.717, 1.165) is 14.3 Å². The third-order valence-electron chi connectivity index (χ3n) is 7.48. The van der Waals surface area contributed by atoms with E-state index < -0.39 is 18.9 Å². The van der Waals surface area contributed by atoms with Gasteiger partial charge in [-0.3, -0.25) is 0 Å². The van der Waals surface area contributed by atoms with E-state index in [9.17, 15) is 0 Å². The second-order valence-corrected chi connectivity index (χ2v) is 18.9. The van der Waals surface area contributed by atoms with E-state index >= 15 is 0 Å². The molecule has 0 fully saturated rings. The van der Waals surface area contributed by atoms with Crippen LogP contribution in [0.25, 0.3) is 32.3 Å². The van der Waals surface area contributed by atoms with Crippen molar-refractivity contribution in [2.75, 3.05) is 0 Å². The summed E-state index contributed by atoms with van der Waals surface area (Å²) in [6, 6.07) is 46.8. The third kappa shape index (κ3) is 7.27. The van der Waals surface area contributed by atoms with Crippen LogP contribution in [-0.2, 0) is 18.9 Å². The number of halogens is 2. The van der Waals surface area contributed by atoms with E-state index in [1.54, 1.807) is 0 Å². The Hall–Kier alpha value is -3.09. The van der Waals surface area contributed by atoms with Gasteiger partial charge < -0.3 is 0 Å². The third-order valence-corrected chi connectivity index (χ3v) is 12.1. The van der Waals surface area contributed by atoms with E-state index in [0.29, 0.717) is 0 Å². The molecule has 210 valence electrons. The van der Waals surface area contributed by atoms with Crippen molar-refractivity contribution in [3.63, 3.8) is 0 Å². The summed E-state index contributed by atoms with van der Waals surface area (Å²) in [7, 11) is 12.5. The Morgan fingerprint density at radius 2 is 1.00 bits per heavy atom.